The van der Waals surface area contributed by atoms with Gasteiger partial charge in [-0.2, -0.15) is 0 Å². The predicted molar refractivity (Wildman–Crippen MR) is 90.0 cm³/mol. The summed E-state index contributed by atoms with van der Waals surface area (Å²) in [6.07, 6.45) is 0.564. The standard InChI is InChI=1S/C17H26N2O.ClH/c1-13-14(2)19(11-10-18-13)16(20)12-17(3,4)15-8-6-5-7-9-15;/h5-9,13-14,18H,10-12H2,1-4H3;1H. The molecule has 1 amide bonds. The van der Waals surface area contributed by atoms with E-state index in [1.54, 1.807) is 0 Å². The van der Waals surface area contributed by atoms with Gasteiger partial charge in [-0.3, -0.25) is 4.79 Å². The molecule has 2 rings (SSSR count). The molecular formula is C17H27ClN2O. The molecule has 1 aromatic carbocycles. The molecule has 1 heterocycles. The van der Waals surface area contributed by atoms with Crippen molar-refractivity contribution in [2.45, 2.75) is 51.6 Å². The number of piperazine rings is 1. The lowest BCUT2D eigenvalue weighted by Gasteiger charge is -2.40. The van der Waals surface area contributed by atoms with Crippen molar-refractivity contribution >= 4 is 18.3 Å². The van der Waals surface area contributed by atoms with Gasteiger partial charge in [0.05, 0.1) is 0 Å². The van der Waals surface area contributed by atoms with Crippen molar-refractivity contribution < 1.29 is 4.79 Å². The van der Waals surface area contributed by atoms with Gasteiger partial charge in [-0.25, -0.2) is 0 Å². The van der Waals surface area contributed by atoms with Gasteiger partial charge >= 0.3 is 0 Å². The zero-order valence-corrected chi connectivity index (χ0v) is 14.2. The van der Waals surface area contributed by atoms with Gasteiger partial charge in [0.15, 0.2) is 0 Å². The van der Waals surface area contributed by atoms with E-state index in [-0.39, 0.29) is 29.8 Å². The number of nitrogens with one attached hydrogen (secondary N) is 1. The van der Waals surface area contributed by atoms with Gasteiger partial charge in [0.25, 0.3) is 0 Å². The van der Waals surface area contributed by atoms with E-state index in [1.165, 1.54) is 5.56 Å². The van der Waals surface area contributed by atoms with Crippen LogP contribution < -0.4 is 5.32 Å². The van der Waals surface area contributed by atoms with Crippen LogP contribution in [-0.4, -0.2) is 36.0 Å². The highest BCUT2D eigenvalue weighted by Gasteiger charge is 2.32. The van der Waals surface area contributed by atoms with Crippen LogP contribution in [0.3, 0.4) is 0 Å². The number of hydrogen-bond acceptors (Lipinski definition) is 2. The van der Waals surface area contributed by atoms with E-state index in [0.717, 1.165) is 13.1 Å². The molecule has 0 saturated carbocycles. The molecule has 1 N–H and O–H groups in total. The SMILES string of the molecule is CC1NCCN(C(=O)CC(C)(C)c2ccccc2)C1C.Cl. The molecule has 3 nitrogen and oxygen atoms in total. The minimum atomic E-state index is -0.119. The van der Waals surface area contributed by atoms with Crippen molar-refractivity contribution in [2.75, 3.05) is 13.1 Å². The fraction of sp³-hybridized carbons (Fsp3) is 0.588. The zero-order chi connectivity index (χ0) is 14.8. The van der Waals surface area contributed by atoms with Crippen molar-refractivity contribution in [3.8, 4) is 0 Å². The quantitative estimate of drug-likeness (QED) is 0.931. The number of nitrogens with zero attached hydrogens (tertiary/aromatic N) is 1. The number of carbonyl (C=O) groups excluding carboxylic acids is 1. The van der Waals surface area contributed by atoms with Gasteiger partial charge < -0.3 is 10.2 Å². The summed E-state index contributed by atoms with van der Waals surface area (Å²) in [4.78, 5) is 14.7. The van der Waals surface area contributed by atoms with E-state index in [1.807, 2.05) is 23.1 Å². The summed E-state index contributed by atoms with van der Waals surface area (Å²) in [5.41, 5.74) is 1.11. The van der Waals surface area contributed by atoms with Crippen LogP contribution in [0.4, 0.5) is 0 Å². The molecule has 0 spiro atoms. The Kier molecular flexibility index (Phi) is 6.24. The molecule has 0 aromatic heterocycles. The largest absolute Gasteiger partial charge is 0.337 e. The highest BCUT2D eigenvalue weighted by molar-refractivity contribution is 5.85. The predicted octanol–water partition coefficient (Wildman–Crippen LogP) is 2.98. The molecule has 1 aromatic rings. The summed E-state index contributed by atoms with van der Waals surface area (Å²) >= 11 is 0. The number of carbonyl (C=O) groups is 1. The summed E-state index contributed by atoms with van der Waals surface area (Å²) in [5.74, 6) is 0.264. The monoisotopic (exact) mass is 310 g/mol. The summed E-state index contributed by atoms with van der Waals surface area (Å²) in [6.45, 7) is 10.3. The van der Waals surface area contributed by atoms with Crippen LogP contribution in [-0.2, 0) is 10.2 Å². The Bertz CT molecular complexity index is 461. The average Bonchev–Trinajstić information content (AvgIpc) is 2.42. The fourth-order valence-corrected chi connectivity index (χ4v) is 2.88. The van der Waals surface area contributed by atoms with Crippen LogP contribution >= 0.6 is 12.4 Å². The number of hydrogen-bond donors (Lipinski definition) is 1. The van der Waals surface area contributed by atoms with E-state index >= 15 is 0 Å². The zero-order valence-electron chi connectivity index (χ0n) is 13.4. The molecule has 4 heteroatoms. The van der Waals surface area contributed by atoms with Crippen molar-refractivity contribution in [1.29, 1.82) is 0 Å². The van der Waals surface area contributed by atoms with Gasteiger partial charge in [0.1, 0.15) is 0 Å². The van der Waals surface area contributed by atoms with Crippen LogP contribution in [0.15, 0.2) is 30.3 Å². The van der Waals surface area contributed by atoms with Gasteiger partial charge in [0.2, 0.25) is 5.91 Å². The second-order valence-corrected chi connectivity index (χ2v) is 6.50. The van der Waals surface area contributed by atoms with Crippen molar-refractivity contribution in [3.05, 3.63) is 35.9 Å². The maximum atomic E-state index is 12.6. The molecule has 1 saturated heterocycles. The third-order valence-corrected chi connectivity index (χ3v) is 4.50. The second kappa shape index (κ2) is 7.28. The summed E-state index contributed by atoms with van der Waals surface area (Å²) in [5, 5.41) is 3.42. The maximum Gasteiger partial charge on any atom is 0.223 e. The Hall–Kier alpha value is -1.06. The summed E-state index contributed by atoms with van der Waals surface area (Å²) in [7, 11) is 0. The lowest BCUT2D eigenvalue weighted by atomic mass is 9.81. The Morgan fingerprint density at radius 2 is 1.90 bits per heavy atom. The first kappa shape index (κ1) is 18.0. The number of amides is 1. The molecule has 1 aliphatic heterocycles. The minimum Gasteiger partial charge on any atom is -0.337 e. The second-order valence-electron chi connectivity index (χ2n) is 6.50. The first-order valence-electron chi connectivity index (χ1n) is 7.50. The Morgan fingerprint density at radius 3 is 2.52 bits per heavy atom. The average molecular weight is 311 g/mol. The fourth-order valence-electron chi connectivity index (χ4n) is 2.88. The third-order valence-electron chi connectivity index (χ3n) is 4.50. The normalized spacial score (nSPS) is 22.6. The van der Waals surface area contributed by atoms with Crippen LogP contribution in [0.25, 0.3) is 0 Å². The molecule has 21 heavy (non-hydrogen) atoms. The van der Waals surface area contributed by atoms with E-state index in [4.69, 9.17) is 0 Å². The van der Waals surface area contributed by atoms with Crippen molar-refractivity contribution in [2.24, 2.45) is 0 Å². The first-order chi connectivity index (χ1) is 9.42. The molecule has 0 radical (unpaired) electrons. The lowest BCUT2D eigenvalue weighted by Crippen LogP contribution is -2.57. The molecular weight excluding hydrogens is 284 g/mol. The van der Waals surface area contributed by atoms with Gasteiger partial charge in [-0.05, 0) is 24.8 Å². The Morgan fingerprint density at radius 1 is 1.29 bits per heavy atom. The molecule has 1 fully saturated rings. The molecule has 0 aliphatic carbocycles. The van der Waals surface area contributed by atoms with Crippen LogP contribution in [0.5, 0.6) is 0 Å². The van der Waals surface area contributed by atoms with Crippen LogP contribution in [0.2, 0.25) is 0 Å². The molecule has 2 unspecified atom stereocenters. The van der Waals surface area contributed by atoms with Gasteiger partial charge in [0, 0.05) is 31.6 Å². The summed E-state index contributed by atoms with van der Waals surface area (Å²) in [6, 6.07) is 10.9. The van der Waals surface area contributed by atoms with E-state index in [2.05, 4.69) is 45.1 Å². The highest BCUT2D eigenvalue weighted by atomic mass is 35.5. The molecule has 0 bridgehead atoms. The highest BCUT2D eigenvalue weighted by Crippen LogP contribution is 2.28. The first-order valence-corrected chi connectivity index (χ1v) is 7.50. The third kappa shape index (κ3) is 4.21. The van der Waals surface area contributed by atoms with Gasteiger partial charge in [-0.1, -0.05) is 44.2 Å². The van der Waals surface area contributed by atoms with Gasteiger partial charge in [-0.15, -0.1) is 12.4 Å². The Balaban J connectivity index is 0.00000220. The van der Waals surface area contributed by atoms with Crippen molar-refractivity contribution in [1.82, 2.24) is 10.2 Å². The lowest BCUT2D eigenvalue weighted by molar-refractivity contribution is -0.136. The number of halogens is 1. The number of benzene rings is 1. The molecule has 118 valence electrons. The van der Waals surface area contributed by atoms with E-state index < -0.39 is 0 Å². The smallest absolute Gasteiger partial charge is 0.223 e. The van der Waals surface area contributed by atoms with Crippen LogP contribution in [0, 0.1) is 0 Å². The van der Waals surface area contributed by atoms with E-state index in [0.29, 0.717) is 12.5 Å². The Labute approximate surface area is 134 Å². The topological polar surface area (TPSA) is 32.3 Å². The van der Waals surface area contributed by atoms with Crippen LogP contribution in [0.1, 0.15) is 39.7 Å². The van der Waals surface area contributed by atoms with Crippen molar-refractivity contribution in [3.63, 3.8) is 0 Å². The molecule has 1 aliphatic rings. The summed E-state index contributed by atoms with van der Waals surface area (Å²) < 4.78 is 0. The maximum absolute atomic E-state index is 12.6. The number of rotatable bonds is 3. The minimum absolute atomic E-state index is 0. The molecule has 2 atom stereocenters. The van der Waals surface area contributed by atoms with E-state index in [9.17, 15) is 4.79 Å².